The zero-order chi connectivity index (χ0) is 19.9. The molecule has 0 radical (unpaired) electrons. The van der Waals surface area contributed by atoms with E-state index in [0.717, 1.165) is 25.3 Å². The van der Waals surface area contributed by atoms with Crippen molar-refractivity contribution in [1.29, 1.82) is 0 Å². The monoisotopic (exact) mass is 382 g/mol. The maximum atomic E-state index is 12.3. The first-order valence-electron chi connectivity index (χ1n) is 10.7. The molecule has 0 spiro atoms. The van der Waals surface area contributed by atoms with Gasteiger partial charge in [-0.05, 0) is 56.4 Å². The number of furan rings is 1. The van der Waals surface area contributed by atoms with Crippen LogP contribution in [0.4, 0.5) is 0 Å². The van der Waals surface area contributed by atoms with E-state index in [4.69, 9.17) is 4.42 Å². The fraction of sp³-hybridized carbons (Fsp3) is 0.542. The Morgan fingerprint density at radius 2 is 1.89 bits per heavy atom. The average molecular weight is 383 g/mol. The number of nitrogens with one attached hydrogen (secondary N) is 1. The van der Waals surface area contributed by atoms with Crippen LogP contribution in [0.25, 0.3) is 0 Å². The Hall–Kier alpha value is -2.07. The lowest BCUT2D eigenvalue weighted by molar-refractivity contribution is 0.0901. The molecule has 1 aliphatic rings. The summed E-state index contributed by atoms with van der Waals surface area (Å²) in [5, 5.41) is 2.98. The first-order valence-corrected chi connectivity index (χ1v) is 10.7. The Bertz CT molecular complexity index is 761. The van der Waals surface area contributed by atoms with Crippen molar-refractivity contribution < 1.29 is 9.21 Å². The third kappa shape index (κ3) is 5.48. The molecule has 1 N–H and O–H groups in total. The number of nitrogens with zero attached hydrogens (tertiary/aromatic N) is 1. The van der Waals surface area contributed by atoms with Crippen LogP contribution in [0.5, 0.6) is 0 Å². The number of benzene rings is 1. The summed E-state index contributed by atoms with van der Waals surface area (Å²) in [6.45, 7) is 7.92. The molecule has 0 bridgehead atoms. The summed E-state index contributed by atoms with van der Waals surface area (Å²) >= 11 is 0. The molecule has 1 atom stereocenters. The molecule has 0 aliphatic heterocycles. The van der Waals surface area contributed by atoms with E-state index in [1.165, 1.54) is 43.2 Å². The smallest absolute Gasteiger partial charge is 0.287 e. The highest BCUT2D eigenvalue weighted by Gasteiger charge is 2.23. The van der Waals surface area contributed by atoms with Crippen molar-refractivity contribution in [2.75, 3.05) is 0 Å². The topological polar surface area (TPSA) is 45.5 Å². The average Bonchev–Trinajstić information content (AvgIpc) is 3.18. The number of carbonyl (C=O) groups is 1. The molecule has 1 aromatic carbocycles. The highest BCUT2D eigenvalue weighted by molar-refractivity contribution is 5.91. The predicted octanol–water partition coefficient (Wildman–Crippen LogP) is 5.45. The SMILES string of the molecule is CC[C@H](C)NC(=O)c1ccc(CN(Cc2ccccc2C)C2CCCCC2)o1. The molecular formula is C24H34N2O2. The maximum Gasteiger partial charge on any atom is 0.287 e. The second kappa shape index (κ2) is 9.92. The van der Waals surface area contributed by atoms with Crippen LogP contribution in [0, 0.1) is 6.92 Å². The number of hydrogen-bond donors (Lipinski definition) is 1. The summed E-state index contributed by atoms with van der Waals surface area (Å²) in [4.78, 5) is 14.9. The third-order valence-corrected chi connectivity index (χ3v) is 5.96. The zero-order valence-electron chi connectivity index (χ0n) is 17.5. The minimum atomic E-state index is -0.122. The molecule has 0 unspecified atom stereocenters. The van der Waals surface area contributed by atoms with Crippen molar-refractivity contribution in [3.8, 4) is 0 Å². The standard InChI is InChI=1S/C24H34N2O2/c1-4-19(3)25-24(27)23-15-14-22(28-23)17-26(21-12-6-5-7-13-21)16-20-11-9-8-10-18(20)2/h8-11,14-15,19,21H,4-7,12-13,16-17H2,1-3H3,(H,25,27)/t19-/m0/s1. The lowest BCUT2D eigenvalue weighted by Gasteiger charge is -2.34. The molecule has 1 aromatic heterocycles. The van der Waals surface area contributed by atoms with E-state index in [2.05, 4.69) is 48.3 Å². The molecule has 1 aliphatic carbocycles. The lowest BCUT2D eigenvalue weighted by atomic mass is 9.93. The van der Waals surface area contributed by atoms with E-state index in [1.807, 2.05) is 13.0 Å². The molecule has 2 aromatic rings. The molecular weight excluding hydrogens is 348 g/mol. The molecule has 28 heavy (non-hydrogen) atoms. The fourth-order valence-electron chi connectivity index (χ4n) is 3.95. The van der Waals surface area contributed by atoms with Gasteiger partial charge in [0.15, 0.2) is 5.76 Å². The summed E-state index contributed by atoms with van der Waals surface area (Å²) in [6.07, 6.45) is 7.34. The zero-order valence-corrected chi connectivity index (χ0v) is 17.5. The van der Waals surface area contributed by atoms with Crippen molar-refractivity contribution in [2.45, 2.75) is 84.5 Å². The van der Waals surface area contributed by atoms with Gasteiger partial charge in [-0.15, -0.1) is 0 Å². The first-order chi connectivity index (χ1) is 13.6. The summed E-state index contributed by atoms with van der Waals surface area (Å²) in [7, 11) is 0. The quantitative estimate of drug-likeness (QED) is 0.660. The number of aryl methyl sites for hydroxylation is 1. The van der Waals surface area contributed by atoms with Gasteiger partial charge in [-0.1, -0.05) is 50.5 Å². The molecule has 1 fully saturated rings. The van der Waals surface area contributed by atoms with Crippen molar-refractivity contribution in [3.05, 3.63) is 59.0 Å². The normalized spacial score (nSPS) is 16.3. The lowest BCUT2D eigenvalue weighted by Crippen LogP contribution is -2.36. The van der Waals surface area contributed by atoms with Crippen LogP contribution in [0.15, 0.2) is 40.8 Å². The van der Waals surface area contributed by atoms with Crippen LogP contribution in [0.3, 0.4) is 0 Å². The van der Waals surface area contributed by atoms with Gasteiger partial charge in [-0.2, -0.15) is 0 Å². The van der Waals surface area contributed by atoms with Crippen LogP contribution in [0.1, 0.15) is 79.8 Å². The van der Waals surface area contributed by atoms with Crippen LogP contribution >= 0.6 is 0 Å². The summed E-state index contributed by atoms with van der Waals surface area (Å²) in [5.41, 5.74) is 2.70. The van der Waals surface area contributed by atoms with E-state index in [9.17, 15) is 4.79 Å². The van der Waals surface area contributed by atoms with Gasteiger partial charge in [0.05, 0.1) is 6.54 Å². The Balaban J connectivity index is 1.72. The molecule has 3 rings (SSSR count). The maximum absolute atomic E-state index is 12.3. The first kappa shape index (κ1) is 20.7. The van der Waals surface area contributed by atoms with Gasteiger partial charge in [0.1, 0.15) is 5.76 Å². The van der Waals surface area contributed by atoms with Gasteiger partial charge < -0.3 is 9.73 Å². The number of amides is 1. The minimum Gasteiger partial charge on any atom is -0.455 e. The van der Waals surface area contributed by atoms with Crippen LogP contribution < -0.4 is 5.32 Å². The van der Waals surface area contributed by atoms with Gasteiger partial charge in [-0.25, -0.2) is 0 Å². The largest absolute Gasteiger partial charge is 0.455 e. The highest BCUT2D eigenvalue weighted by atomic mass is 16.4. The summed E-state index contributed by atoms with van der Waals surface area (Å²) < 4.78 is 5.93. The van der Waals surface area contributed by atoms with Gasteiger partial charge >= 0.3 is 0 Å². The molecule has 1 heterocycles. The Kier molecular flexibility index (Phi) is 7.32. The Labute approximate surface area is 169 Å². The molecule has 1 amide bonds. The van der Waals surface area contributed by atoms with Crippen molar-refractivity contribution in [1.82, 2.24) is 10.2 Å². The van der Waals surface area contributed by atoms with Crippen molar-refractivity contribution >= 4 is 5.91 Å². The highest BCUT2D eigenvalue weighted by Crippen LogP contribution is 2.27. The van der Waals surface area contributed by atoms with Gasteiger partial charge in [0.25, 0.3) is 5.91 Å². The van der Waals surface area contributed by atoms with E-state index < -0.39 is 0 Å². The van der Waals surface area contributed by atoms with E-state index in [1.54, 1.807) is 6.07 Å². The number of carbonyl (C=O) groups excluding carboxylic acids is 1. The minimum absolute atomic E-state index is 0.122. The summed E-state index contributed by atoms with van der Waals surface area (Å²) in [6, 6.07) is 13.1. The van der Waals surface area contributed by atoms with Gasteiger partial charge in [-0.3, -0.25) is 9.69 Å². The van der Waals surface area contributed by atoms with Crippen LogP contribution in [-0.2, 0) is 13.1 Å². The molecule has 152 valence electrons. The fourth-order valence-corrected chi connectivity index (χ4v) is 3.95. The van der Waals surface area contributed by atoms with Gasteiger partial charge in [0.2, 0.25) is 0 Å². The molecule has 4 heteroatoms. The molecule has 1 saturated carbocycles. The van der Waals surface area contributed by atoms with E-state index in [-0.39, 0.29) is 11.9 Å². The Morgan fingerprint density at radius 3 is 2.61 bits per heavy atom. The van der Waals surface area contributed by atoms with E-state index in [0.29, 0.717) is 11.8 Å². The van der Waals surface area contributed by atoms with Crippen LogP contribution in [-0.4, -0.2) is 22.9 Å². The Morgan fingerprint density at radius 1 is 1.14 bits per heavy atom. The predicted molar refractivity (Wildman–Crippen MR) is 113 cm³/mol. The molecule has 0 saturated heterocycles. The third-order valence-electron chi connectivity index (χ3n) is 5.96. The summed E-state index contributed by atoms with van der Waals surface area (Å²) in [5.74, 6) is 1.16. The van der Waals surface area contributed by atoms with Crippen molar-refractivity contribution in [2.24, 2.45) is 0 Å². The number of hydrogen-bond acceptors (Lipinski definition) is 3. The molecule has 4 nitrogen and oxygen atoms in total. The van der Waals surface area contributed by atoms with Crippen LogP contribution in [0.2, 0.25) is 0 Å². The second-order valence-electron chi connectivity index (χ2n) is 8.17. The van der Waals surface area contributed by atoms with E-state index >= 15 is 0 Å². The second-order valence-corrected chi connectivity index (χ2v) is 8.17. The van der Waals surface area contributed by atoms with Gasteiger partial charge in [0, 0.05) is 18.6 Å². The number of rotatable bonds is 8. The van der Waals surface area contributed by atoms with Crippen molar-refractivity contribution in [3.63, 3.8) is 0 Å².